The predicted octanol–water partition coefficient (Wildman–Crippen LogP) is 3.95. The number of rotatable bonds is 3. The van der Waals surface area contributed by atoms with E-state index in [4.69, 9.17) is 22.1 Å². The van der Waals surface area contributed by atoms with Crippen LogP contribution in [0.4, 0.5) is 11.4 Å². The van der Waals surface area contributed by atoms with Gasteiger partial charge in [-0.1, -0.05) is 27.5 Å². The quantitative estimate of drug-likeness (QED) is 0.820. The number of halogens is 2. The largest absolute Gasteiger partial charge is 0.496 e. The zero-order valence-electron chi connectivity index (χ0n) is 10.6. The standard InChI is InChI=1S/C14H12BrClN2O2/c1-20-13-6-8(15)2-4-10(13)14(19)18-9-3-5-12(17)11(16)7-9/h2-7H,17H2,1H3,(H,18,19). The van der Waals surface area contributed by atoms with Gasteiger partial charge in [0.15, 0.2) is 0 Å². The first kappa shape index (κ1) is 14.7. The molecule has 0 radical (unpaired) electrons. The number of benzene rings is 2. The molecule has 0 aliphatic heterocycles. The van der Waals surface area contributed by atoms with Crippen LogP contribution in [0.15, 0.2) is 40.9 Å². The molecule has 4 nitrogen and oxygen atoms in total. The van der Waals surface area contributed by atoms with Crippen molar-refractivity contribution in [3.8, 4) is 5.75 Å². The summed E-state index contributed by atoms with van der Waals surface area (Å²) in [5.74, 6) is 0.202. The van der Waals surface area contributed by atoms with Crippen molar-refractivity contribution in [2.24, 2.45) is 0 Å². The number of hydrogen-bond acceptors (Lipinski definition) is 3. The van der Waals surface area contributed by atoms with Gasteiger partial charge in [-0.15, -0.1) is 0 Å². The van der Waals surface area contributed by atoms with Crippen molar-refractivity contribution in [2.75, 3.05) is 18.2 Å². The Bertz CT molecular complexity index is 662. The van der Waals surface area contributed by atoms with E-state index in [1.807, 2.05) is 0 Å². The van der Waals surface area contributed by atoms with Crippen LogP contribution in [0.3, 0.4) is 0 Å². The van der Waals surface area contributed by atoms with Crippen molar-refractivity contribution in [2.45, 2.75) is 0 Å². The van der Waals surface area contributed by atoms with E-state index in [0.29, 0.717) is 27.7 Å². The topological polar surface area (TPSA) is 64.3 Å². The Balaban J connectivity index is 2.25. The van der Waals surface area contributed by atoms with Gasteiger partial charge in [0.1, 0.15) is 5.75 Å². The first-order valence-corrected chi connectivity index (χ1v) is 6.88. The van der Waals surface area contributed by atoms with Crippen LogP contribution in [0.2, 0.25) is 5.02 Å². The molecule has 0 aromatic heterocycles. The number of nitrogen functional groups attached to an aromatic ring is 1. The van der Waals surface area contributed by atoms with Gasteiger partial charge >= 0.3 is 0 Å². The van der Waals surface area contributed by atoms with Gasteiger partial charge in [0.25, 0.3) is 5.91 Å². The molecule has 104 valence electrons. The fraction of sp³-hybridized carbons (Fsp3) is 0.0714. The molecule has 0 atom stereocenters. The van der Waals surface area contributed by atoms with Crippen molar-refractivity contribution in [1.29, 1.82) is 0 Å². The van der Waals surface area contributed by atoms with E-state index < -0.39 is 0 Å². The minimum absolute atomic E-state index is 0.282. The summed E-state index contributed by atoms with van der Waals surface area (Å²) in [6.45, 7) is 0. The van der Waals surface area contributed by atoms with Gasteiger partial charge in [0.05, 0.1) is 23.4 Å². The highest BCUT2D eigenvalue weighted by Crippen LogP contribution is 2.26. The van der Waals surface area contributed by atoms with Crippen LogP contribution < -0.4 is 15.8 Å². The second kappa shape index (κ2) is 6.15. The number of anilines is 2. The fourth-order valence-corrected chi connectivity index (χ4v) is 2.18. The van der Waals surface area contributed by atoms with Gasteiger partial charge < -0.3 is 15.8 Å². The van der Waals surface area contributed by atoms with Crippen LogP contribution in [0.1, 0.15) is 10.4 Å². The second-order valence-corrected chi connectivity index (χ2v) is 5.36. The fourth-order valence-electron chi connectivity index (χ4n) is 1.66. The molecule has 0 heterocycles. The third kappa shape index (κ3) is 3.23. The third-order valence-electron chi connectivity index (χ3n) is 2.67. The normalized spacial score (nSPS) is 10.2. The highest BCUT2D eigenvalue weighted by molar-refractivity contribution is 9.10. The molecular weight excluding hydrogens is 344 g/mol. The lowest BCUT2D eigenvalue weighted by Crippen LogP contribution is -2.13. The molecular formula is C14H12BrClN2O2. The third-order valence-corrected chi connectivity index (χ3v) is 3.49. The molecule has 3 N–H and O–H groups in total. The van der Waals surface area contributed by atoms with E-state index in [2.05, 4.69) is 21.2 Å². The maximum Gasteiger partial charge on any atom is 0.259 e. The molecule has 6 heteroatoms. The number of hydrogen-bond donors (Lipinski definition) is 2. The second-order valence-electron chi connectivity index (χ2n) is 4.04. The van der Waals surface area contributed by atoms with Gasteiger partial charge in [-0.2, -0.15) is 0 Å². The summed E-state index contributed by atoms with van der Waals surface area (Å²) in [6.07, 6.45) is 0. The molecule has 0 saturated carbocycles. The number of nitrogens with two attached hydrogens (primary N) is 1. The molecule has 0 aliphatic rings. The van der Waals surface area contributed by atoms with Crippen molar-refractivity contribution in [3.63, 3.8) is 0 Å². The van der Waals surface area contributed by atoms with Crippen molar-refractivity contribution in [3.05, 3.63) is 51.5 Å². The molecule has 0 saturated heterocycles. The SMILES string of the molecule is COc1cc(Br)ccc1C(=O)Nc1ccc(N)c(Cl)c1. The molecule has 20 heavy (non-hydrogen) atoms. The Labute approximate surface area is 130 Å². The van der Waals surface area contributed by atoms with Crippen LogP contribution in [-0.4, -0.2) is 13.0 Å². The summed E-state index contributed by atoms with van der Waals surface area (Å²) in [7, 11) is 1.51. The lowest BCUT2D eigenvalue weighted by atomic mass is 10.2. The van der Waals surface area contributed by atoms with Gasteiger partial charge in [0, 0.05) is 10.2 Å². The molecule has 0 fully saturated rings. The number of methoxy groups -OCH3 is 1. The van der Waals surface area contributed by atoms with Gasteiger partial charge in [-0.05, 0) is 36.4 Å². The summed E-state index contributed by atoms with van der Waals surface area (Å²) in [4.78, 5) is 12.2. The van der Waals surface area contributed by atoms with Crippen molar-refractivity contribution in [1.82, 2.24) is 0 Å². The molecule has 2 rings (SSSR count). The predicted molar refractivity (Wildman–Crippen MR) is 84.5 cm³/mol. The Morgan fingerprint density at radius 1 is 1.30 bits per heavy atom. The van der Waals surface area contributed by atoms with E-state index in [1.54, 1.807) is 36.4 Å². The van der Waals surface area contributed by atoms with Gasteiger partial charge in [0.2, 0.25) is 0 Å². The number of carbonyl (C=O) groups excluding carboxylic acids is 1. The molecule has 2 aromatic carbocycles. The van der Waals surface area contributed by atoms with E-state index in [-0.39, 0.29) is 5.91 Å². The first-order valence-electron chi connectivity index (χ1n) is 5.71. The summed E-state index contributed by atoms with van der Waals surface area (Å²) in [6, 6.07) is 10.1. The van der Waals surface area contributed by atoms with E-state index >= 15 is 0 Å². The van der Waals surface area contributed by atoms with Crippen LogP contribution in [0.25, 0.3) is 0 Å². The van der Waals surface area contributed by atoms with Crippen molar-refractivity contribution >= 4 is 44.8 Å². The van der Waals surface area contributed by atoms with Crippen LogP contribution >= 0.6 is 27.5 Å². The Hall–Kier alpha value is -1.72. The molecule has 0 bridgehead atoms. The number of nitrogens with one attached hydrogen (secondary N) is 1. The van der Waals surface area contributed by atoms with Crippen LogP contribution in [0.5, 0.6) is 5.75 Å². The number of amides is 1. The maximum atomic E-state index is 12.2. The molecule has 2 aromatic rings. The maximum absolute atomic E-state index is 12.2. The summed E-state index contributed by atoms with van der Waals surface area (Å²) < 4.78 is 6.03. The zero-order chi connectivity index (χ0) is 14.7. The lowest BCUT2D eigenvalue weighted by molar-refractivity contribution is 0.102. The summed E-state index contributed by atoms with van der Waals surface area (Å²) >= 11 is 9.24. The van der Waals surface area contributed by atoms with Gasteiger partial charge in [-0.3, -0.25) is 4.79 Å². The van der Waals surface area contributed by atoms with Gasteiger partial charge in [-0.25, -0.2) is 0 Å². The average molecular weight is 356 g/mol. The molecule has 0 aliphatic carbocycles. The monoisotopic (exact) mass is 354 g/mol. The Kier molecular flexibility index (Phi) is 4.52. The van der Waals surface area contributed by atoms with E-state index in [9.17, 15) is 4.79 Å². The molecule has 0 unspecified atom stereocenters. The number of carbonyl (C=O) groups is 1. The zero-order valence-corrected chi connectivity index (χ0v) is 13.0. The number of ether oxygens (including phenoxy) is 1. The van der Waals surface area contributed by atoms with Crippen molar-refractivity contribution < 1.29 is 9.53 Å². The highest BCUT2D eigenvalue weighted by atomic mass is 79.9. The van der Waals surface area contributed by atoms with Crippen LogP contribution in [-0.2, 0) is 0 Å². The smallest absolute Gasteiger partial charge is 0.259 e. The first-order chi connectivity index (χ1) is 9.51. The minimum Gasteiger partial charge on any atom is -0.496 e. The Morgan fingerprint density at radius 3 is 2.70 bits per heavy atom. The lowest BCUT2D eigenvalue weighted by Gasteiger charge is -2.10. The molecule has 1 amide bonds. The summed E-state index contributed by atoms with van der Waals surface area (Å²) in [5.41, 5.74) is 7.09. The van der Waals surface area contributed by atoms with Crippen LogP contribution in [0, 0.1) is 0 Å². The van der Waals surface area contributed by atoms with E-state index in [0.717, 1.165) is 4.47 Å². The highest BCUT2D eigenvalue weighted by Gasteiger charge is 2.13. The average Bonchev–Trinajstić information content (AvgIpc) is 2.42. The Morgan fingerprint density at radius 2 is 2.05 bits per heavy atom. The summed E-state index contributed by atoms with van der Waals surface area (Å²) in [5, 5.41) is 3.14. The minimum atomic E-state index is -0.282. The molecule has 0 spiro atoms. The van der Waals surface area contributed by atoms with E-state index in [1.165, 1.54) is 7.11 Å².